The van der Waals surface area contributed by atoms with E-state index in [9.17, 15) is 4.79 Å². The molecule has 0 aromatic heterocycles. The lowest BCUT2D eigenvalue weighted by atomic mass is 10.3. The van der Waals surface area contributed by atoms with Gasteiger partial charge in [0.15, 0.2) is 0 Å². The predicted octanol–water partition coefficient (Wildman–Crippen LogP) is 2.92. The van der Waals surface area contributed by atoms with E-state index in [1.165, 1.54) is 0 Å². The van der Waals surface area contributed by atoms with Crippen LogP contribution in [-0.4, -0.2) is 35.7 Å². The van der Waals surface area contributed by atoms with Crippen LogP contribution in [0.4, 0.5) is 10.5 Å². The van der Waals surface area contributed by atoms with Crippen molar-refractivity contribution in [2.45, 2.75) is 19.8 Å². The Balaban J connectivity index is 2.63. The van der Waals surface area contributed by atoms with E-state index >= 15 is 0 Å². The Labute approximate surface area is 122 Å². The molecule has 1 aromatic carbocycles. The number of hydrogen-bond donors (Lipinski definition) is 2. The number of aliphatic hydroxyl groups excluding tert-OH is 1. The van der Waals surface area contributed by atoms with Gasteiger partial charge < -0.3 is 15.3 Å². The van der Waals surface area contributed by atoms with E-state index in [1.54, 1.807) is 4.90 Å². The van der Waals surface area contributed by atoms with Crippen LogP contribution in [0.2, 0.25) is 0 Å². The Morgan fingerprint density at radius 3 is 2.72 bits per heavy atom. The first-order chi connectivity index (χ1) is 8.69. The van der Waals surface area contributed by atoms with Crippen LogP contribution in [0, 0.1) is 3.57 Å². The minimum Gasteiger partial charge on any atom is -0.395 e. The molecule has 0 aliphatic heterocycles. The molecule has 5 heteroatoms. The number of nitrogens with zero attached hydrogens (tertiary/aromatic N) is 1. The molecule has 100 valence electrons. The van der Waals surface area contributed by atoms with Gasteiger partial charge in [0.05, 0.1) is 12.3 Å². The predicted molar refractivity (Wildman–Crippen MR) is 81.7 cm³/mol. The number of benzene rings is 1. The molecule has 0 spiro atoms. The van der Waals surface area contributed by atoms with Gasteiger partial charge in [-0.1, -0.05) is 25.5 Å². The minimum atomic E-state index is -0.151. The van der Waals surface area contributed by atoms with E-state index in [0.717, 1.165) is 22.1 Å². The smallest absolute Gasteiger partial charge is 0.321 e. The second-order valence-corrected chi connectivity index (χ2v) is 5.14. The van der Waals surface area contributed by atoms with Crippen molar-refractivity contribution in [1.29, 1.82) is 0 Å². The maximum Gasteiger partial charge on any atom is 0.321 e. The number of unbranched alkanes of at least 4 members (excludes halogenated alkanes) is 1. The van der Waals surface area contributed by atoms with Gasteiger partial charge in [-0.25, -0.2) is 4.79 Å². The molecule has 0 aliphatic rings. The summed E-state index contributed by atoms with van der Waals surface area (Å²) in [4.78, 5) is 13.7. The van der Waals surface area contributed by atoms with Crippen LogP contribution in [0.15, 0.2) is 24.3 Å². The number of para-hydroxylation sites is 1. The fourth-order valence-corrected chi connectivity index (χ4v) is 2.06. The molecule has 1 rings (SSSR count). The summed E-state index contributed by atoms with van der Waals surface area (Å²) in [6, 6.07) is 7.48. The van der Waals surface area contributed by atoms with Gasteiger partial charge in [-0.05, 0) is 41.1 Å². The van der Waals surface area contributed by atoms with E-state index in [-0.39, 0.29) is 12.6 Å². The Morgan fingerprint density at radius 1 is 1.39 bits per heavy atom. The van der Waals surface area contributed by atoms with Crippen LogP contribution in [0.1, 0.15) is 19.8 Å². The third kappa shape index (κ3) is 4.81. The van der Waals surface area contributed by atoms with Gasteiger partial charge in [0.1, 0.15) is 0 Å². The summed E-state index contributed by atoms with van der Waals surface area (Å²) in [7, 11) is 0. The quantitative estimate of drug-likeness (QED) is 0.765. The molecule has 1 aromatic rings. The van der Waals surface area contributed by atoms with Crippen molar-refractivity contribution in [3.63, 3.8) is 0 Å². The summed E-state index contributed by atoms with van der Waals surface area (Å²) in [5.41, 5.74) is 0.808. The highest BCUT2D eigenvalue weighted by Gasteiger charge is 2.13. The normalized spacial score (nSPS) is 10.2. The van der Waals surface area contributed by atoms with Crippen molar-refractivity contribution in [3.05, 3.63) is 27.8 Å². The number of halogens is 1. The van der Waals surface area contributed by atoms with E-state index in [1.807, 2.05) is 24.3 Å². The Bertz CT molecular complexity index is 385. The lowest BCUT2D eigenvalue weighted by Gasteiger charge is -2.22. The van der Waals surface area contributed by atoms with Crippen molar-refractivity contribution in [1.82, 2.24) is 4.90 Å². The van der Waals surface area contributed by atoms with Crippen LogP contribution in [-0.2, 0) is 0 Å². The van der Waals surface area contributed by atoms with Crippen molar-refractivity contribution < 1.29 is 9.90 Å². The number of anilines is 1. The molecular formula is C13H19IN2O2. The molecular weight excluding hydrogens is 343 g/mol. The number of carbonyl (C=O) groups excluding carboxylic acids is 1. The van der Waals surface area contributed by atoms with Crippen molar-refractivity contribution in [2.75, 3.05) is 25.0 Å². The summed E-state index contributed by atoms with van der Waals surface area (Å²) in [6.45, 7) is 3.11. The second-order valence-electron chi connectivity index (χ2n) is 3.97. The number of carbonyl (C=O) groups is 1. The SMILES string of the molecule is CCCCN(CCO)C(=O)Nc1ccccc1I. The summed E-state index contributed by atoms with van der Waals surface area (Å²) in [5.74, 6) is 0. The fraction of sp³-hybridized carbons (Fsp3) is 0.462. The maximum atomic E-state index is 12.1. The van der Waals surface area contributed by atoms with Crippen molar-refractivity contribution in [3.8, 4) is 0 Å². The van der Waals surface area contributed by atoms with E-state index in [0.29, 0.717) is 13.1 Å². The molecule has 2 N–H and O–H groups in total. The average molecular weight is 362 g/mol. The van der Waals surface area contributed by atoms with Crippen LogP contribution >= 0.6 is 22.6 Å². The Morgan fingerprint density at radius 2 is 2.11 bits per heavy atom. The molecule has 0 unspecified atom stereocenters. The first-order valence-corrected chi connectivity index (χ1v) is 7.18. The zero-order valence-corrected chi connectivity index (χ0v) is 12.7. The van der Waals surface area contributed by atoms with Gasteiger partial charge in [-0.3, -0.25) is 0 Å². The number of nitrogens with one attached hydrogen (secondary N) is 1. The summed E-state index contributed by atoms with van der Waals surface area (Å²) in [6.07, 6.45) is 1.97. The van der Waals surface area contributed by atoms with Gasteiger partial charge in [0.2, 0.25) is 0 Å². The standard InChI is InChI=1S/C13H19IN2O2/c1-2-3-8-16(9-10-17)13(18)15-12-7-5-4-6-11(12)14/h4-7,17H,2-3,8-10H2,1H3,(H,15,18). The molecule has 0 saturated carbocycles. The van der Waals surface area contributed by atoms with Gasteiger partial charge in [0.25, 0.3) is 0 Å². The summed E-state index contributed by atoms with van der Waals surface area (Å²) >= 11 is 2.18. The van der Waals surface area contributed by atoms with Crippen LogP contribution < -0.4 is 5.32 Å². The molecule has 0 heterocycles. The summed E-state index contributed by atoms with van der Waals surface area (Å²) < 4.78 is 1.00. The number of rotatable bonds is 6. The molecule has 0 radical (unpaired) electrons. The van der Waals surface area contributed by atoms with Gasteiger partial charge >= 0.3 is 6.03 Å². The van der Waals surface area contributed by atoms with Crippen molar-refractivity contribution >= 4 is 34.3 Å². The molecule has 0 atom stereocenters. The zero-order chi connectivity index (χ0) is 13.4. The monoisotopic (exact) mass is 362 g/mol. The van der Waals surface area contributed by atoms with E-state index in [2.05, 4.69) is 34.8 Å². The van der Waals surface area contributed by atoms with Crippen LogP contribution in [0.25, 0.3) is 0 Å². The van der Waals surface area contributed by atoms with E-state index in [4.69, 9.17) is 5.11 Å². The van der Waals surface area contributed by atoms with Gasteiger partial charge in [-0.2, -0.15) is 0 Å². The molecule has 0 bridgehead atoms. The highest BCUT2D eigenvalue weighted by atomic mass is 127. The maximum absolute atomic E-state index is 12.1. The second kappa shape index (κ2) is 8.31. The topological polar surface area (TPSA) is 52.6 Å². The lowest BCUT2D eigenvalue weighted by Crippen LogP contribution is -2.37. The molecule has 0 fully saturated rings. The lowest BCUT2D eigenvalue weighted by molar-refractivity contribution is 0.187. The largest absolute Gasteiger partial charge is 0.395 e. The third-order valence-electron chi connectivity index (χ3n) is 2.55. The molecule has 4 nitrogen and oxygen atoms in total. The highest BCUT2D eigenvalue weighted by Crippen LogP contribution is 2.17. The van der Waals surface area contributed by atoms with Gasteiger partial charge in [0, 0.05) is 16.7 Å². The summed E-state index contributed by atoms with van der Waals surface area (Å²) in [5, 5.41) is 11.9. The van der Waals surface area contributed by atoms with E-state index < -0.39 is 0 Å². The number of hydrogen-bond acceptors (Lipinski definition) is 2. The van der Waals surface area contributed by atoms with Crippen LogP contribution in [0.5, 0.6) is 0 Å². The fourth-order valence-electron chi connectivity index (χ4n) is 1.54. The Kier molecular flexibility index (Phi) is 7.04. The number of aliphatic hydroxyl groups is 1. The first-order valence-electron chi connectivity index (χ1n) is 6.10. The molecule has 18 heavy (non-hydrogen) atoms. The van der Waals surface area contributed by atoms with Crippen molar-refractivity contribution in [2.24, 2.45) is 0 Å². The molecule has 0 saturated heterocycles. The minimum absolute atomic E-state index is 0.0109. The highest BCUT2D eigenvalue weighted by molar-refractivity contribution is 14.1. The number of urea groups is 1. The van der Waals surface area contributed by atoms with Gasteiger partial charge in [-0.15, -0.1) is 0 Å². The molecule has 0 aliphatic carbocycles. The molecule has 2 amide bonds. The third-order valence-corrected chi connectivity index (χ3v) is 3.49. The zero-order valence-electron chi connectivity index (χ0n) is 10.5. The first kappa shape index (κ1) is 15.2. The average Bonchev–Trinajstić information content (AvgIpc) is 2.37. The number of amides is 2. The Hall–Kier alpha value is -0.820. The van der Waals surface area contributed by atoms with Crippen LogP contribution in [0.3, 0.4) is 0 Å².